The van der Waals surface area contributed by atoms with Crippen molar-refractivity contribution in [1.29, 1.82) is 0 Å². The smallest absolute Gasteiger partial charge is 0.230 e. The maximum Gasteiger partial charge on any atom is 0.230 e. The van der Waals surface area contributed by atoms with Crippen LogP contribution in [0.5, 0.6) is 0 Å². The summed E-state index contributed by atoms with van der Waals surface area (Å²) in [6.07, 6.45) is 4.90. The molecule has 0 radical (unpaired) electrons. The first kappa shape index (κ1) is 20.5. The van der Waals surface area contributed by atoms with Crippen molar-refractivity contribution in [2.24, 2.45) is 5.92 Å². The molecule has 140 valence electrons. The van der Waals surface area contributed by atoms with E-state index in [-0.39, 0.29) is 18.3 Å². The molecule has 1 aromatic carbocycles. The Morgan fingerprint density at radius 2 is 2.08 bits per heavy atom. The standard InChI is InChI=1S/C19H27ClN2O2.ClH/c20-17-6-2-1-5-16(17)19(8-12-24-13-9-19)18(23)22-11-7-15-4-3-10-21-14-15;/h1-2,5-6,15,21H,3-4,7-14H2,(H,22,23);1H. The molecule has 25 heavy (non-hydrogen) atoms. The van der Waals surface area contributed by atoms with Crippen molar-refractivity contribution in [3.8, 4) is 0 Å². The Kier molecular flexibility index (Phi) is 8.01. The Balaban J connectivity index is 0.00000225. The van der Waals surface area contributed by atoms with Gasteiger partial charge in [-0.15, -0.1) is 12.4 Å². The third-order valence-electron chi connectivity index (χ3n) is 5.41. The molecule has 0 saturated carbocycles. The van der Waals surface area contributed by atoms with Crippen molar-refractivity contribution in [3.63, 3.8) is 0 Å². The van der Waals surface area contributed by atoms with Crippen molar-refractivity contribution in [3.05, 3.63) is 34.9 Å². The topological polar surface area (TPSA) is 50.4 Å². The van der Waals surface area contributed by atoms with Gasteiger partial charge in [0.1, 0.15) is 0 Å². The molecule has 4 nitrogen and oxygen atoms in total. The highest BCUT2D eigenvalue weighted by atomic mass is 35.5. The minimum absolute atomic E-state index is 0. The normalized spacial score (nSPS) is 22.7. The van der Waals surface area contributed by atoms with E-state index in [1.54, 1.807) is 0 Å². The van der Waals surface area contributed by atoms with Crippen LogP contribution in [0.25, 0.3) is 0 Å². The van der Waals surface area contributed by atoms with Crippen LogP contribution >= 0.6 is 24.0 Å². The van der Waals surface area contributed by atoms with Gasteiger partial charge in [0.15, 0.2) is 0 Å². The molecule has 2 fully saturated rings. The van der Waals surface area contributed by atoms with Crippen LogP contribution in [0.3, 0.4) is 0 Å². The molecule has 1 atom stereocenters. The van der Waals surface area contributed by atoms with Crippen LogP contribution in [-0.2, 0) is 14.9 Å². The van der Waals surface area contributed by atoms with E-state index in [2.05, 4.69) is 10.6 Å². The monoisotopic (exact) mass is 386 g/mol. The molecule has 0 bridgehead atoms. The van der Waals surface area contributed by atoms with Gasteiger partial charge in [-0.25, -0.2) is 0 Å². The molecule has 2 saturated heterocycles. The Hall–Kier alpha value is -0.810. The van der Waals surface area contributed by atoms with Gasteiger partial charge in [0, 0.05) is 24.8 Å². The molecule has 0 aromatic heterocycles. The second-order valence-electron chi connectivity index (χ2n) is 6.93. The molecule has 2 heterocycles. The number of carbonyl (C=O) groups excluding carboxylic acids is 1. The molecule has 0 aliphatic carbocycles. The SMILES string of the molecule is Cl.O=C(NCCC1CCCNC1)C1(c2ccccc2Cl)CCOCC1. The molecular weight excluding hydrogens is 359 g/mol. The predicted octanol–water partition coefficient (Wildman–Crippen LogP) is 3.32. The van der Waals surface area contributed by atoms with Crippen LogP contribution < -0.4 is 10.6 Å². The van der Waals surface area contributed by atoms with Crippen molar-refractivity contribution < 1.29 is 9.53 Å². The third kappa shape index (κ3) is 4.88. The van der Waals surface area contributed by atoms with Gasteiger partial charge >= 0.3 is 0 Å². The molecule has 1 amide bonds. The lowest BCUT2D eigenvalue weighted by atomic mass is 9.73. The van der Waals surface area contributed by atoms with E-state index < -0.39 is 5.41 Å². The first-order valence-electron chi connectivity index (χ1n) is 9.04. The van der Waals surface area contributed by atoms with Crippen molar-refractivity contribution in [2.45, 2.75) is 37.5 Å². The number of nitrogens with one attached hydrogen (secondary N) is 2. The average Bonchev–Trinajstić information content (AvgIpc) is 2.63. The highest BCUT2D eigenvalue weighted by Gasteiger charge is 2.42. The molecule has 2 N–H and O–H groups in total. The number of amides is 1. The highest BCUT2D eigenvalue weighted by molar-refractivity contribution is 6.31. The molecule has 1 aromatic rings. The first-order valence-corrected chi connectivity index (χ1v) is 9.42. The number of rotatable bonds is 5. The van der Waals surface area contributed by atoms with Crippen LogP contribution in [0.15, 0.2) is 24.3 Å². The molecule has 3 rings (SSSR count). The lowest BCUT2D eigenvalue weighted by Crippen LogP contribution is -2.48. The molecule has 1 unspecified atom stereocenters. The van der Waals surface area contributed by atoms with Crippen LogP contribution in [0.4, 0.5) is 0 Å². The number of benzene rings is 1. The van der Waals surface area contributed by atoms with Crippen LogP contribution in [0, 0.1) is 5.92 Å². The Morgan fingerprint density at radius 3 is 2.76 bits per heavy atom. The second kappa shape index (κ2) is 9.77. The van der Waals surface area contributed by atoms with E-state index in [0.717, 1.165) is 31.6 Å². The minimum Gasteiger partial charge on any atom is -0.381 e. The lowest BCUT2D eigenvalue weighted by molar-refractivity contribution is -0.130. The van der Waals surface area contributed by atoms with Crippen LogP contribution in [0.1, 0.15) is 37.7 Å². The summed E-state index contributed by atoms with van der Waals surface area (Å²) in [5.41, 5.74) is 0.383. The Morgan fingerprint density at radius 1 is 1.32 bits per heavy atom. The Bertz CT molecular complexity index is 556. The number of piperidine rings is 1. The van der Waals surface area contributed by atoms with Crippen molar-refractivity contribution in [2.75, 3.05) is 32.8 Å². The van der Waals surface area contributed by atoms with Crippen LogP contribution in [0.2, 0.25) is 5.02 Å². The molecule has 2 aliphatic heterocycles. The van der Waals surface area contributed by atoms with E-state index in [0.29, 0.717) is 37.0 Å². The number of carbonyl (C=O) groups is 1. The highest BCUT2D eigenvalue weighted by Crippen LogP contribution is 2.38. The van der Waals surface area contributed by atoms with Crippen molar-refractivity contribution in [1.82, 2.24) is 10.6 Å². The van der Waals surface area contributed by atoms with Gasteiger partial charge in [0.25, 0.3) is 0 Å². The zero-order valence-electron chi connectivity index (χ0n) is 14.6. The van der Waals surface area contributed by atoms with Gasteiger partial charge in [0.05, 0.1) is 5.41 Å². The third-order valence-corrected chi connectivity index (χ3v) is 5.74. The van der Waals surface area contributed by atoms with Crippen molar-refractivity contribution >= 4 is 29.9 Å². The number of hydrogen-bond donors (Lipinski definition) is 2. The number of hydrogen-bond acceptors (Lipinski definition) is 3. The molecule has 2 aliphatic rings. The molecule has 6 heteroatoms. The fourth-order valence-electron chi connectivity index (χ4n) is 3.92. The van der Waals surface area contributed by atoms with E-state index >= 15 is 0 Å². The van der Waals surface area contributed by atoms with Gasteiger partial charge in [-0.1, -0.05) is 29.8 Å². The van der Waals surface area contributed by atoms with Gasteiger partial charge in [-0.2, -0.15) is 0 Å². The van der Waals surface area contributed by atoms with Crippen LogP contribution in [-0.4, -0.2) is 38.8 Å². The fourth-order valence-corrected chi connectivity index (χ4v) is 4.23. The average molecular weight is 387 g/mol. The van der Waals surface area contributed by atoms with Gasteiger partial charge < -0.3 is 15.4 Å². The molecular formula is C19H28Cl2N2O2. The van der Waals surface area contributed by atoms with Gasteiger partial charge in [-0.3, -0.25) is 4.79 Å². The zero-order chi connectivity index (χ0) is 16.8. The maximum atomic E-state index is 13.1. The van der Waals surface area contributed by atoms with E-state index in [1.807, 2.05) is 24.3 Å². The summed E-state index contributed by atoms with van der Waals surface area (Å²) in [6, 6.07) is 7.72. The largest absolute Gasteiger partial charge is 0.381 e. The summed E-state index contributed by atoms with van der Waals surface area (Å²) in [6.45, 7) is 4.13. The maximum absolute atomic E-state index is 13.1. The number of ether oxygens (including phenoxy) is 1. The van der Waals surface area contributed by atoms with Gasteiger partial charge in [0.2, 0.25) is 5.91 Å². The zero-order valence-corrected chi connectivity index (χ0v) is 16.1. The summed E-state index contributed by atoms with van der Waals surface area (Å²) in [7, 11) is 0. The first-order chi connectivity index (χ1) is 11.7. The fraction of sp³-hybridized carbons (Fsp3) is 0.632. The summed E-state index contributed by atoms with van der Waals surface area (Å²) < 4.78 is 5.50. The second-order valence-corrected chi connectivity index (χ2v) is 7.34. The van der Waals surface area contributed by atoms with E-state index in [1.165, 1.54) is 12.8 Å². The Labute approximate surface area is 161 Å². The van der Waals surface area contributed by atoms with E-state index in [4.69, 9.17) is 16.3 Å². The lowest BCUT2D eigenvalue weighted by Gasteiger charge is -2.37. The summed E-state index contributed by atoms with van der Waals surface area (Å²) in [4.78, 5) is 13.1. The summed E-state index contributed by atoms with van der Waals surface area (Å²) in [5.74, 6) is 0.771. The molecule has 0 spiro atoms. The summed E-state index contributed by atoms with van der Waals surface area (Å²) in [5, 5.41) is 7.29. The minimum atomic E-state index is -0.554. The van der Waals surface area contributed by atoms with E-state index in [9.17, 15) is 4.79 Å². The predicted molar refractivity (Wildman–Crippen MR) is 104 cm³/mol. The summed E-state index contributed by atoms with van der Waals surface area (Å²) >= 11 is 6.42. The number of halogens is 2. The quantitative estimate of drug-likeness (QED) is 0.815. The van der Waals surface area contributed by atoms with Gasteiger partial charge in [-0.05, 0) is 62.7 Å².